The van der Waals surface area contributed by atoms with Crippen molar-refractivity contribution in [2.75, 3.05) is 0 Å². The molecule has 0 atom stereocenters. The highest BCUT2D eigenvalue weighted by Crippen LogP contribution is 2.50. The third kappa shape index (κ3) is 4.05. The van der Waals surface area contributed by atoms with Crippen LogP contribution < -0.4 is 0 Å². The topological polar surface area (TPSA) is 26.3 Å². The van der Waals surface area contributed by atoms with Gasteiger partial charge in [-0.05, 0) is 83.5 Å². The predicted molar refractivity (Wildman–Crippen MR) is 227 cm³/mol. The van der Waals surface area contributed by atoms with E-state index in [-0.39, 0.29) is 0 Å². The first-order valence-electron chi connectivity index (χ1n) is 18.5. The molecule has 10 aromatic carbocycles. The van der Waals surface area contributed by atoms with E-state index in [1.165, 1.54) is 70.9 Å². The van der Waals surface area contributed by atoms with Gasteiger partial charge in [-0.3, -0.25) is 0 Å². The normalized spacial score (nSPS) is 12.1. The summed E-state index contributed by atoms with van der Waals surface area (Å²) in [7, 11) is 0. The van der Waals surface area contributed by atoms with Crippen LogP contribution in [0.25, 0.3) is 120 Å². The zero-order valence-corrected chi connectivity index (χ0v) is 29.1. The molecule has 0 aliphatic heterocycles. The Morgan fingerprint density at radius 3 is 1.37 bits per heavy atom. The largest absolute Gasteiger partial charge is 0.455 e. The van der Waals surface area contributed by atoms with E-state index in [0.29, 0.717) is 0 Å². The Morgan fingerprint density at radius 2 is 0.722 bits per heavy atom. The maximum Gasteiger partial charge on any atom is 0.147 e. The van der Waals surface area contributed by atoms with Crippen LogP contribution in [0.3, 0.4) is 0 Å². The number of furan rings is 2. The van der Waals surface area contributed by atoms with Crippen LogP contribution in [0.2, 0.25) is 0 Å². The van der Waals surface area contributed by atoms with E-state index in [0.717, 1.165) is 49.4 Å². The molecule has 0 N–H and O–H groups in total. The zero-order valence-electron chi connectivity index (χ0n) is 29.1. The Labute approximate surface area is 310 Å². The molecule has 2 aromatic heterocycles. The van der Waals surface area contributed by atoms with Crippen molar-refractivity contribution in [3.05, 3.63) is 182 Å². The van der Waals surface area contributed by atoms with Crippen LogP contribution in [-0.2, 0) is 0 Å². The molecule has 12 rings (SSSR count). The number of para-hydroxylation sites is 2. The second-order valence-corrected chi connectivity index (χ2v) is 14.3. The van der Waals surface area contributed by atoms with Crippen LogP contribution in [0.15, 0.2) is 191 Å². The fourth-order valence-corrected chi connectivity index (χ4v) is 9.17. The average molecular weight is 687 g/mol. The molecule has 0 bridgehead atoms. The summed E-state index contributed by atoms with van der Waals surface area (Å²) in [5, 5.41) is 14.1. The summed E-state index contributed by atoms with van der Waals surface area (Å²) in [4.78, 5) is 0. The van der Waals surface area contributed by atoms with E-state index in [9.17, 15) is 0 Å². The Kier molecular flexibility index (Phi) is 6.09. The highest BCUT2D eigenvalue weighted by atomic mass is 16.3. The molecule has 0 fully saturated rings. The van der Waals surface area contributed by atoms with E-state index in [4.69, 9.17) is 8.83 Å². The predicted octanol–water partition coefficient (Wildman–Crippen LogP) is 15.1. The molecule has 2 nitrogen and oxygen atoms in total. The second kappa shape index (κ2) is 11.2. The molecule has 0 spiro atoms. The SMILES string of the molecule is c1ccc(-c2cccc3c2ccc2c(-c4c5ccccc5c(-c5cc6c7ccccc7oc6c6c5oc5ccccc56)c5ccccc45)cccc23)cc1. The lowest BCUT2D eigenvalue weighted by atomic mass is 9.83. The van der Waals surface area contributed by atoms with E-state index in [2.05, 4.69) is 170 Å². The lowest BCUT2D eigenvalue weighted by Gasteiger charge is -2.19. The highest BCUT2D eigenvalue weighted by molar-refractivity contribution is 6.30. The average Bonchev–Trinajstić information content (AvgIpc) is 3.81. The minimum absolute atomic E-state index is 0.844. The van der Waals surface area contributed by atoms with Crippen molar-refractivity contribution in [1.82, 2.24) is 0 Å². The summed E-state index contributed by atoms with van der Waals surface area (Å²) in [5.74, 6) is 0. The van der Waals surface area contributed by atoms with Gasteiger partial charge in [0.1, 0.15) is 22.3 Å². The number of benzene rings is 10. The Hall–Kier alpha value is -7.16. The van der Waals surface area contributed by atoms with Crippen molar-refractivity contribution in [3.8, 4) is 33.4 Å². The Balaban J connectivity index is 1.20. The van der Waals surface area contributed by atoms with E-state index >= 15 is 0 Å². The minimum atomic E-state index is 0.844. The molecule has 0 aliphatic rings. The standard InChI is InChI=1S/C52H30O2/c1-2-14-31(15-3-1)32-22-12-23-33-34-24-13-25-38(36(34)29-28-35(32)33)48-39-17-4-6-19-41(39)49(42-20-7-5-18-40(42)48)45-30-44-37-16-8-10-26-46(37)53-51(44)50-43-21-9-11-27-47(43)54-52(45)50/h1-30H. The molecule has 12 aromatic rings. The smallest absolute Gasteiger partial charge is 0.147 e. The van der Waals surface area contributed by atoms with Gasteiger partial charge in [0.15, 0.2) is 0 Å². The fourth-order valence-electron chi connectivity index (χ4n) is 9.17. The molecule has 0 unspecified atom stereocenters. The van der Waals surface area contributed by atoms with Crippen LogP contribution in [0.4, 0.5) is 0 Å². The van der Waals surface area contributed by atoms with E-state index in [1.807, 2.05) is 12.1 Å². The summed E-state index contributed by atoms with van der Waals surface area (Å²) >= 11 is 0. The third-order valence-electron chi connectivity index (χ3n) is 11.5. The summed E-state index contributed by atoms with van der Waals surface area (Å²) in [6.07, 6.45) is 0. The molecule has 54 heavy (non-hydrogen) atoms. The van der Waals surface area contributed by atoms with Crippen LogP contribution in [-0.4, -0.2) is 0 Å². The molecule has 0 amide bonds. The fraction of sp³-hybridized carbons (Fsp3) is 0. The maximum absolute atomic E-state index is 6.83. The van der Waals surface area contributed by atoms with Crippen molar-refractivity contribution in [2.24, 2.45) is 0 Å². The van der Waals surface area contributed by atoms with Crippen LogP contribution in [0, 0.1) is 0 Å². The minimum Gasteiger partial charge on any atom is -0.455 e. The van der Waals surface area contributed by atoms with Gasteiger partial charge in [-0.1, -0.05) is 164 Å². The van der Waals surface area contributed by atoms with E-state index < -0.39 is 0 Å². The van der Waals surface area contributed by atoms with Crippen LogP contribution in [0.5, 0.6) is 0 Å². The van der Waals surface area contributed by atoms with Crippen LogP contribution >= 0.6 is 0 Å². The third-order valence-corrected chi connectivity index (χ3v) is 11.5. The van der Waals surface area contributed by atoms with Crippen molar-refractivity contribution >= 4 is 87.0 Å². The van der Waals surface area contributed by atoms with Crippen molar-refractivity contribution < 1.29 is 8.83 Å². The molecule has 250 valence electrons. The number of fused-ring (bicyclic) bond motifs is 12. The number of hydrogen-bond donors (Lipinski definition) is 0. The van der Waals surface area contributed by atoms with E-state index in [1.54, 1.807) is 0 Å². The number of rotatable bonds is 3. The van der Waals surface area contributed by atoms with Gasteiger partial charge in [-0.2, -0.15) is 0 Å². The summed E-state index contributed by atoms with van der Waals surface area (Å²) < 4.78 is 13.5. The first-order valence-corrected chi connectivity index (χ1v) is 18.5. The van der Waals surface area contributed by atoms with Gasteiger partial charge in [0.2, 0.25) is 0 Å². The zero-order chi connectivity index (χ0) is 35.3. The molecule has 2 heterocycles. The lowest BCUT2D eigenvalue weighted by Crippen LogP contribution is -1.92. The monoisotopic (exact) mass is 686 g/mol. The molecule has 0 saturated carbocycles. The summed E-state index contributed by atoms with van der Waals surface area (Å²) in [5.41, 5.74) is 10.6. The molecule has 2 heteroatoms. The highest BCUT2D eigenvalue weighted by Gasteiger charge is 2.25. The Morgan fingerprint density at radius 1 is 0.259 bits per heavy atom. The molecular weight excluding hydrogens is 657 g/mol. The van der Waals surface area contributed by atoms with Crippen molar-refractivity contribution in [3.63, 3.8) is 0 Å². The quantitative estimate of drug-likeness (QED) is 0.137. The van der Waals surface area contributed by atoms with Gasteiger partial charge >= 0.3 is 0 Å². The van der Waals surface area contributed by atoms with Gasteiger partial charge < -0.3 is 8.83 Å². The van der Waals surface area contributed by atoms with Crippen molar-refractivity contribution in [1.29, 1.82) is 0 Å². The van der Waals surface area contributed by atoms with Gasteiger partial charge in [-0.15, -0.1) is 0 Å². The van der Waals surface area contributed by atoms with Crippen molar-refractivity contribution in [2.45, 2.75) is 0 Å². The maximum atomic E-state index is 6.83. The van der Waals surface area contributed by atoms with Gasteiger partial charge in [0.05, 0.1) is 5.39 Å². The first-order chi connectivity index (χ1) is 26.8. The van der Waals surface area contributed by atoms with Gasteiger partial charge in [0, 0.05) is 27.3 Å². The molecule has 0 aliphatic carbocycles. The lowest BCUT2D eigenvalue weighted by molar-refractivity contribution is 0.663. The Bertz CT molecular complexity index is 3430. The molecule has 0 radical (unpaired) electrons. The van der Waals surface area contributed by atoms with Crippen LogP contribution in [0.1, 0.15) is 0 Å². The first kappa shape index (κ1) is 29.4. The summed E-state index contributed by atoms with van der Waals surface area (Å²) in [6.45, 7) is 0. The second-order valence-electron chi connectivity index (χ2n) is 14.3. The molecular formula is C52H30O2. The van der Waals surface area contributed by atoms with Gasteiger partial charge in [-0.25, -0.2) is 0 Å². The summed E-state index contributed by atoms with van der Waals surface area (Å²) in [6, 6.07) is 65.5. The molecule has 0 saturated heterocycles. The van der Waals surface area contributed by atoms with Gasteiger partial charge in [0.25, 0.3) is 0 Å². The number of hydrogen-bond acceptors (Lipinski definition) is 2.